The van der Waals surface area contributed by atoms with Crippen LogP contribution in [0, 0.1) is 0 Å². The van der Waals surface area contributed by atoms with E-state index in [1.165, 1.54) is 22.3 Å². The standard InChI is InChI=1S/C41H30N2/c1-41(2)35-21-13-12-20-33(35)34-26-30(22-25-36(34)41)32-24-23-31(27-14-6-3-7-15-27)39-40(32)43-38(29-18-10-5-11-19-29)37(42-39)28-16-8-4-9-17-28/h3-26H,1-2H3. The second-order valence-corrected chi connectivity index (χ2v) is 11.8. The molecule has 0 saturated heterocycles. The Labute approximate surface area is 252 Å². The highest BCUT2D eigenvalue weighted by molar-refractivity contribution is 6.03. The van der Waals surface area contributed by atoms with Gasteiger partial charge in [0.25, 0.3) is 0 Å². The molecule has 1 heterocycles. The van der Waals surface area contributed by atoms with Gasteiger partial charge in [0.15, 0.2) is 0 Å². The quantitative estimate of drug-likeness (QED) is 0.218. The molecule has 0 bridgehead atoms. The number of benzene rings is 6. The maximum absolute atomic E-state index is 5.49. The summed E-state index contributed by atoms with van der Waals surface area (Å²) < 4.78 is 0. The first-order valence-electron chi connectivity index (χ1n) is 14.9. The third-order valence-electron chi connectivity index (χ3n) is 8.90. The van der Waals surface area contributed by atoms with E-state index in [9.17, 15) is 0 Å². The van der Waals surface area contributed by atoms with Crippen LogP contribution in [0.4, 0.5) is 0 Å². The van der Waals surface area contributed by atoms with Crippen LogP contribution in [-0.2, 0) is 5.41 Å². The third-order valence-corrected chi connectivity index (χ3v) is 8.90. The number of hydrogen-bond acceptors (Lipinski definition) is 2. The minimum absolute atomic E-state index is 0.0332. The summed E-state index contributed by atoms with van der Waals surface area (Å²) in [5.41, 5.74) is 15.5. The second-order valence-electron chi connectivity index (χ2n) is 11.8. The van der Waals surface area contributed by atoms with Gasteiger partial charge in [-0.1, -0.05) is 153 Å². The van der Waals surface area contributed by atoms with Gasteiger partial charge in [0.1, 0.15) is 0 Å². The molecule has 8 rings (SSSR count). The van der Waals surface area contributed by atoms with Crippen LogP contribution in [0.3, 0.4) is 0 Å². The maximum atomic E-state index is 5.49. The number of hydrogen-bond donors (Lipinski definition) is 0. The zero-order chi connectivity index (χ0) is 29.0. The van der Waals surface area contributed by atoms with E-state index in [1.807, 2.05) is 12.1 Å². The van der Waals surface area contributed by atoms with Crippen LogP contribution in [0.25, 0.3) is 66.9 Å². The van der Waals surface area contributed by atoms with Crippen molar-refractivity contribution in [3.05, 3.63) is 157 Å². The predicted octanol–water partition coefficient (Wildman–Crippen LogP) is 10.6. The van der Waals surface area contributed by atoms with Crippen molar-refractivity contribution >= 4 is 11.0 Å². The lowest BCUT2D eigenvalue weighted by atomic mass is 9.82. The van der Waals surface area contributed by atoms with Crippen molar-refractivity contribution in [3.8, 4) is 55.9 Å². The van der Waals surface area contributed by atoms with E-state index < -0.39 is 0 Å². The monoisotopic (exact) mass is 550 g/mol. The van der Waals surface area contributed by atoms with Crippen LogP contribution >= 0.6 is 0 Å². The Balaban J connectivity index is 1.44. The summed E-state index contributed by atoms with van der Waals surface area (Å²) in [6.07, 6.45) is 0. The van der Waals surface area contributed by atoms with Gasteiger partial charge in [0, 0.05) is 27.7 Å². The largest absolute Gasteiger partial charge is 0.243 e. The van der Waals surface area contributed by atoms with Crippen LogP contribution in [0.15, 0.2) is 146 Å². The van der Waals surface area contributed by atoms with Crippen molar-refractivity contribution in [2.75, 3.05) is 0 Å². The maximum Gasteiger partial charge on any atom is 0.0979 e. The van der Waals surface area contributed by atoms with E-state index in [2.05, 4.69) is 147 Å². The molecule has 0 saturated carbocycles. The number of fused-ring (bicyclic) bond motifs is 4. The molecule has 43 heavy (non-hydrogen) atoms. The van der Waals surface area contributed by atoms with Gasteiger partial charge in [0.2, 0.25) is 0 Å². The van der Waals surface area contributed by atoms with E-state index in [0.29, 0.717) is 0 Å². The summed E-state index contributed by atoms with van der Waals surface area (Å²) in [4.78, 5) is 10.9. The predicted molar refractivity (Wildman–Crippen MR) is 179 cm³/mol. The molecule has 1 aliphatic rings. The molecule has 6 aromatic carbocycles. The molecular weight excluding hydrogens is 520 g/mol. The number of nitrogens with zero attached hydrogens (tertiary/aromatic N) is 2. The van der Waals surface area contributed by atoms with Crippen molar-refractivity contribution in [2.45, 2.75) is 19.3 Å². The smallest absolute Gasteiger partial charge is 0.0979 e. The second kappa shape index (κ2) is 9.89. The molecule has 0 amide bonds. The third kappa shape index (κ3) is 4.10. The topological polar surface area (TPSA) is 25.8 Å². The van der Waals surface area contributed by atoms with Gasteiger partial charge < -0.3 is 0 Å². The van der Waals surface area contributed by atoms with Crippen molar-refractivity contribution < 1.29 is 0 Å². The van der Waals surface area contributed by atoms with E-state index in [-0.39, 0.29) is 5.41 Å². The fraction of sp³-hybridized carbons (Fsp3) is 0.0732. The number of aromatic nitrogens is 2. The van der Waals surface area contributed by atoms with Gasteiger partial charge in [0.05, 0.1) is 22.4 Å². The first kappa shape index (κ1) is 25.4. The van der Waals surface area contributed by atoms with Crippen LogP contribution in [0.2, 0.25) is 0 Å². The Hall–Kier alpha value is -5.34. The van der Waals surface area contributed by atoms with E-state index in [4.69, 9.17) is 9.97 Å². The lowest BCUT2D eigenvalue weighted by molar-refractivity contribution is 0.660. The molecule has 1 aliphatic carbocycles. The summed E-state index contributed by atoms with van der Waals surface area (Å²) in [6, 6.07) is 51.5. The molecule has 2 heteroatoms. The van der Waals surface area contributed by atoms with Crippen molar-refractivity contribution in [3.63, 3.8) is 0 Å². The molecule has 7 aromatic rings. The Morgan fingerprint density at radius 1 is 0.372 bits per heavy atom. The molecule has 1 aromatic heterocycles. The Kier molecular flexibility index (Phi) is 5.84. The van der Waals surface area contributed by atoms with Gasteiger partial charge in [-0.3, -0.25) is 0 Å². The fourth-order valence-electron chi connectivity index (χ4n) is 6.70. The normalized spacial score (nSPS) is 13.1. The average Bonchev–Trinajstić information content (AvgIpc) is 3.30. The molecule has 204 valence electrons. The molecule has 0 N–H and O–H groups in total. The molecule has 0 radical (unpaired) electrons. The Bertz CT molecular complexity index is 2130. The summed E-state index contributed by atoms with van der Waals surface area (Å²) in [5, 5.41) is 0. The highest BCUT2D eigenvalue weighted by Crippen LogP contribution is 2.50. The minimum Gasteiger partial charge on any atom is -0.243 e. The van der Waals surface area contributed by atoms with Crippen molar-refractivity contribution in [1.82, 2.24) is 9.97 Å². The summed E-state index contributed by atoms with van der Waals surface area (Å²) in [6.45, 7) is 4.65. The van der Waals surface area contributed by atoms with Crippen molar-refractivity contribution in [1.29, 1.82) is 0 Å². The zero-order valence-corrected chi connectivity index (χ0v) is 24.3. The molecule has 2 nitrogen and oxygen atoms in total. The van der Waals surface area contributed by atoms with Crippen LogP contribution in [0.1, 0.15) is 25.0 Å². The van der Waals surface area contributed by atoms with Gasteiger partial charge in [-0.2, -0.15) is 0 Å². The number of rotatable bonds is 4. The molecule has 0 fully saturated rings. The van der Waals surface area contributed by atoms with Gasteiger partial charge in [-0.25, -0.2) is 9.97 Å². The van der Waals surface area contributed by atoms with Gasteiger partial charge >= 0.3 is 0 Å². The van der Waals surface area contributed by atoms with Crippen molar-refractivity contribution in [2.24, 2.45) is 0 Å². The van der Waals surface area contributed by atoms with E-state index >= 15 is 0 Å². The van der Waals surface area contributed by atoms with Gasteiger partial charge in [-0.05, 0) is 39.4 Å². The van der Waals surface area contributed by atoms with E-state index in [1.54, 1.807) is 0 Å². The zero-order valence-electron chi connectivity index (χ0n) is 24.3. The molecule has 0 atom stereocenters. The van der Waals surface area contributed by atoms with Crippen LogP contribution in [0.5, 0.6) is 0 Å². The first-order valence-corrected chi connectivity index (χ1v) is 14.9. The lowest BCUT2D eigenvalue weighted by Gasteiger charge is -2.21. The highest BCUT2D eigenvalue weighted by atomic mass is 14.8. The first-order chi connectivity index (χ1) is 21.1. The fourth-order valence-corrected chi connectivity index (χ4v) is 6.70. The van der Waals surface area contributed by atoms with Crippen LogP contribution < -0.4 is 0 Å². The molecule has 0 unspecified atom stereocenters. The summed E-state index contributed by atoms with van der Waals surface area (Å²) in [5.74, 6) is 0. The molecule has 0 spiro atoms. The minimum atomic E-state index is -0.0332. The molecular formula is C41H30N2. The Morgan fingerprint density at radius 3 is 1.42 bits per heavy atom. The summed E-state index contributed by atoms with van der Waals surface area (Å²) >= 11 is 0. The van der Waals surface area contributed by atoms with Crippen LogP contribution in [-0.4, -0.2) is 9.97 Å². The Morgan fingerprint density at radius 2 is 0.837 bits per heavy atom. The van der Waals surface area contributed by atoms with Gasteiger partial charge in [-0.15, -0.1) is 0 Å². The summed E-state index contributed by atoms with van der Waals surface area (Å²) in [7, 11) is 0. The SMILES string of the molecule is CC1(C)c2ccccc2-c2cc(-c3ccc(-c4ccccc4)c4nc(-c5ccccc5)c(-c5ccccc5)nc34)ccc21. The average molecular weight is 551 g/mol. The highest BCUT2D eigenvalue weighted by Gasteiger charge is 2.35. The van der Waals surface area contributed by atoms with E-state index in [0.717, 1.165) is 55.8 Å². The lowest BCUT2D eigenvalue weighted by Crippen LogP contribution is -2.14. The molecule has 0 aliphatic heterocycles.